The van der Waals surface area contributed by atoms with Crippen LogP contribution < -0.4 is 9.47 Å². The molecule has 1 N–H and O–H groups in total. The van der Waals surface area contributed by atoms with E-state index in [-0.39, 0.29) is 23.3 Å². The molecule has 210 valence electrons. The second-order valence-electron chi connectivity index (χ2n) is 10.1. The molecule has 1 saturated heterocycles. The topological polar surface area (TPSA) is 92.2 Å². The van der Waals surface area contributed by atoms with E-state index in [1.807, 2.05) is 30.9 Å². The maximum atomic E-state index is 13.6. The molecule has 1 amide bonds. The number of nitrogens with zero attached hydrogens (tertiary/aromatic N) is 3. The number of hydrogen-bond donors (Lipinski definition) is 1. The fourth-order valence-electron chi connectivity index (χ4n) is 5.65. The third-order valence-electron chi connectivity index (χ3n) is 7.56. The summed E-state index contributed by atoms with van der Waals surface area (Å²) in [5.74, 6) is -0.0980. The molecule has 0 radical (unpaired) electrons. The van der Waals surface area contributed by atoms with E-state index in [4.69, 9.17) is 9.47 Å². The molecule has 2 aliphatic rings. The van der Waals surface area contributed by atoms with Gasteiger partial charge in [0.05, 0.1) is 35.6 Å². The fraction of sp³-hybridized carbons (Fsp3) is 0.387. The molecule has 40 heavy (non-hydrogen) atoms. The first-order valence-electron chi connectivity index (χ1n) is 13.8. The molecule has 3 heterocycles. The highest BCUT2D eigenvalue weighted by Gasteiger charge is 2.33. The zero-order valence-corrected chi connectivity index (χ0v) is 22.9. The third kappa shape index (κ3) is 5.79. The van der Waals surface area contributed by atoms with Crippen LogP contribution in [-0.2, 0) is 13.0 Å². The summed E-state index contributed by atoms with van der Waals surface area (Å²) in [5.41, 5.74) is 3.82. The van der Waals surface area contributed by atoms with Gasteiger partial charge < -0.3 is 19.5 Å². The molecule has 8 nitrogen and oxygen atoms in total. The van der Waals surface area contributed by atoms with Crippen LogP contribution in [0.1, 0.15) is 58.7 Å². The van der Waals surface area contributed by atoms with Gasteiger partial charge in [-0.25, -0.2) is 9.18 Å². The molecule has 0 saturated carbocycles. The first-order valence-corrected chi connectivity index (χ1v) is 13.8. The summed E-state index contributed by atoms with van der Waals surface area (Å²) >= 11 is 0. The van der Waals surface area contributed by atoms with Crippen molar-refractivity contribution in [3.8, 4) is 22.6 Å². The Labute approximate surface area is 233 Å². The summed E-state index contributed by atoms with van der Waals surface area (Å²) in [7, 11) is 0. The van der Waals surface area contributed by atoms with Gasteiger partial charge in [0.25, 0.3) is 5.91 Å². The number of ether oxygens (including phenoxy) is 2. The normalized spacial score (nSPS) is 16.1. The van der Waals surface area contributed by atoms with E-state index in [2.05, 4.69) is 9.88 Å². The molecule has 1 aromatic heterocycles. The molecule has 2 aromatic carbocycles. The van der Waals surface area contributed by atoms with Crippen molar-refractivity contribution in [3.63, 3.8) is 0 Å². The van der Waals surface area contributed by atoms with Crippen molar-refractivity contribution in [3.05, 3.63) is 76.9 Å². The third-order valence-corrected chi connectivity index (χ3v) is 7.56. The molecule has 0 bridgehead atoms. The number of carbonyl (C=O) groups is 2. The van der Waals surface area contributed by atoms with E-state index in [0.29, 0.717) is 55.5 Å². The van der Waals surface area contributed by atoms with Crippen molar-refractivity contribution in [2.75, 3.05) is 32.8 Å². The number of carboxylic acid groups (broad SMARTS) is 1. The van der Waals surface area contributed by atoms with Gasteiger partial charge in [-0.05, 0) is 68.1 Å². The number of carbonyl (C=O) groups excluding carboxylic acids is 1. The monoisotopic (exact) mass is 547 g/mol. The lowest BCUT2D eigenvalue weighted by atomic mass is 9.96. The standard InChI is InChI=1S/C31H34FN3O5/c1-3-39-27-15-20(16-28(40-4-2)29(27)21-5-7-23(32)8-6-21)19-34-12-9-24(10-13-34)35-14-11-26-25(30(35)36)17-22(18-33-26)31(37)38/h5-8,15-18,24H,3-4,9-14,19H2,1-2H3,(H,37,38). The number of amides is 1. The summed E-state index contributed by atoms with van der Waals surface area (Å²) in [6, 6.07) is 12.0. The van der Waals surface area contributed by atoms with Gasteiger partial charge in [-0.3, -0.25) is 14.7 Å². The SMILES string of the molecule is CCOc1cc(CN2CCC(N3CCc4ncc(C(=O)O)cc4C3=O)CC2)cc(OCC)c1-c1ccc(F)cc1. The highest BCUT2D eigenvalue weighted by molar-refractivity contribution is 5.99. The van der Waals surface area contributed by atoms with Crippen LogP contribution >= 0.6 is 0 Å². The van der Waals surface area contributed by atoms with Crippen molar-refractivity contribution in [2.24, 2.45) is 0 Å². The highest BCUT2D eigenvalue weighted by atomic mass is 19.1. The number of rotatable bonds is 9. The summed E-state index contributed by atoms with van der Waals surface area (Å²) in [5, 5.41) is 9.31. The van der Waals surface area contributed by atoms with Crippen LogP contribution in [0.5, 0.6) is 11.5 Å². The number of carboxylic acids is 1. The van der Waals surface area contributed by atoms with Crippen molar-refractivity contribution in [1.29, 1.82) is 0 Å². The molecule has 0 atom stereocenters. The minimum absolute atomic E-state index is 0.0343. The zero-order chi connectivity index (χ0) is 28.2. The summed E-state index contributed by atoms with van der Waals surface area (Å²) in [6.07, 6.45) is 3.61. The predicted octanol–water partition coefficient (Wildman–Crippen LogP) is 5.05. The Kier molecular flexibility index (Phi) is 8.30. The second-order valence-corrected chi connectivity index (χ2v) is 10.1. The van der Waals surface area contributed by atoms with Gasteiger partial charge >= 0.3 is 5.97 Å². The van der Waals surface area contributed by atoms with Crippen LogP contribution in [0, 0.1) is 5.82 Å². The number of aromatic carboxylic acids is 1. The Morgan fingerprint density at radius 3 is 2.27 bits per heavy atom. The van der Waals surface area contributed by atoms with Crippen LogP contribution in [0.15, 0.2) is 48.7 Å². The summed E-state index contributed by atoms with van der Waals surface area (Å²) < 4.78 is 25.6. The molecule has 1 fully saturated rings. The lowest BCUT2D eigenvalue weighted by Crippen LogP contribution is -2.50. The number of piperidine rings is 1. The van der Waals surface area contributed by atoms with Gasteiger partial charge in [-0.15, -0.1) is 0 Å². The van der Waals surface area contributed by atoms with E-state index in [9.17, 15) is 19.1 Å². The van der Waals surface area contributed by atoms with E-state index in [1.165, 1.54) is 24.4 Å². The maximum Gasteiger partial charge on any atom is 0.337 e. The van der Waals surface area contributed by atoms with Gasteiger partial charge in [0.1, 0.15) is 17.3 Å². The van der Waals surface area contributed by atoms with E-state index >= 15 is 0 Å². The number of hydrogen-bond acceptors (Lipinski definition) is 6. The van der Waals surface area contributed by atoms with Gasteiger partial charge in [0.2, 0.25) is 0 Å². The Bertz CT molecular complexity index is 1360. The average molecular weight is 548 g/mol. The number of halogens is 1. The first-order chi connectivity index (χ1) is 19.4. The smallest absolute Gasteiger partial charge is 0.337 e. The summed E-state index contributed by atoms with van der Waals surface area (Å²) in [6.45, 7) is 7.80. The molecule has 3 aromatic rings. The van der Waals surface area contributed by atoms with E-state index < -0.39 is 5.97 Å². The van der Waals surface area contributed by atoms with Crippen molar-refractivity contribution >= 4 is 11.9 Å². The lowest BCUT2D eigenvalue weighted by Gasteiger charge is -2.40. The minimum Gasteiger partial charge on any atom is -0.493 e. The number of likely N-dealkylation sites (tertiary alicyclic amines) is 1. The first kappa shape index (κ1) is 27.6. The van der Waals surface area contributed by atoms with Crippen LogP contribution in [0.3, 0.4) is 0 Å². The number of fused-ring (bicyclic) bond motifs is 1. The van der Waals surface area contributed by atoms with Crippen molar-refractivity contribution in [1.82, 2.24) is 14.8 Å². The van der Waals surface area contributed by atoms with Crippen molar-refractivity contribution < 1.29 is 28.6 Å². The summed E-state index contributed by atoms with van der Waals surface area (Å²) in [4.78, 5) is 33.1. The van der Waals surface area contributed by atoms with Crippen LogP contribution in [0.2, 0.25) is 0 Å². The fourth-order valence-corrected chi connectivity index (χ4v) is 5.65. The van der Waals surface area contributed by atoms with Crippen molar-refractivity contribution in [2.45, 2.75) is 45.7 Å². The Balaban J connectivity index is 1.29. The molecule has 0 aliphatic carbocycles. The van der Waals surface area contributed by atoms with Gasteiger partial charge in [0.15, 0.2) is 0 Å². The largest absolute Gasteiger partial charge is 0.493 e. The van der Waals surface area contributed by atoms with Crippen LogP contribution in [0.4, 0.5) is 4.39 Å². The second kappa shape index (κ2) is 12.0. The van der Waals surface area contributed by atoms with Crippen LogP contribution in [-0.4, -0.2) is 70.7 Å². The van der Waals surface area contributed by atoms with E-state index in [0.717, 1.165) is 42.6 Å². The predicted molar refractivity (Wildman–Crippen MR) is 148 cm³/mol. The Morgan fingerprint density at radius 1 is 1.02 bits per heavy atom. The number of benzene rings is 2. The Hall–Kier alpha value is -3.98. The molecule has 9 heteroatoms. The quantitative estimate of drug-likeness (QED) is 0.401. The molecular formula is C31H34FN3O5. The molecule has 0 unspecified atom stereocenters. The zero-order valence-electron chi connectivity index (χ0n) is 22.9. The number of aromatic nitrogens is 1. The van der Waals surface area contributed by atoms with Crippen LogP contribution in [0.25, 0.3) is 11.1 Å². The van der Waals surface area contributed by atoms with E-state index in [1.54, 1.807) is 12.1 Å². The minimum atomic E-state index is -1.08. The highest BCUT2D eigenvalue weighted by Crippen LogP contribution is 2.40. The maximum absolute atomic E-state index is 13.6. The van der Waals surface area contributed by atoms with Gasteiger partial charge in [0, 0.05) is 44.8 Å². The molecule has 0 spiro atoms. The molecule has 2 aliphatic heterocycles. The molecular weight excluding hydrogens is 513 g/mol. The van der Waals surface area contributed by atoms with Gasteiger partial charge in [-0.2, -0.15) is 0 Å². The number of pyridine rings is 1. The average Bonchev–Trinajstić information content (AvgIpc) is 2.95. The Morgan fingerprint density at radius 2 is 1.68 bits per heavy atom. The lowest BCUT2D eigenvalue weighted by molar-refractivity contribution is 0.0543. The molecule has 5 rings (SSSR count). The van der Waals surface area contributed by atoms with Gasteiger partial charge in [-0.1, -0.05) is 12.1 Å².